The molecule has 0 unspecified atom stereocenters. The Hall–Kier alpha value is -2.22. The van der Waals surface area contributed by atoms with Crippen molar-refractivity contribution in [3.63, 3.8) is 0 Å². The third-order valence-corrected chi connectivity index (χ3v) is 3.68. The highest BCUT2D eigenvalue weighted by atomic mass is 127. The topological polar surface area (TPSA) is 55.1 Å². The molecule has 0 aliphatic carbocycles. The molecule has 0 spiro atoms. The predicted molar refractivity (Wildman–Crippen MR) is 89.0 cm³/mol. The van der Waals surface area contributed by atoms with Gasteiger partial charge in [-0.2, -0.15) is 0 Å². The van der Waals surface area contributed by atoms with Crippen LogP contribution in [0.1, 0.15) is 10.6 Å². The molecule has 0 saturated carbocycles. The second-order valence-electron chi connectivity index (χ2n) is 4.55. The maximum Gasteiger partial charge on any atom is 0.294 e. The summed E-state index contributed by atoms with van der Waals surface area (Å²) in [4.78, 5) is 12.1. The van der Waals surface area contributed by atoms with E-state index < -0.39 is 5.91 Å². The number of amides is 1. The van der Waals surface area contributed by atoms with Crippen LogP contribution in [-0.2, 0) is 0 Å². The van der Waals surface area contributed by atoms with Gasteiger partial charge in [0.2, 0.25) is 5.76 Å². The number of halogens is 2. The van der Waals surface area contributed by atoms with Gasteiger partial charge in [-0.3, -0.25) is 4.79 Å². The summed E-state index contributed by atoms with van der Waals surface area (Å²) in [5.74, 6) is -0.709. The molecule has 3 aromatic rings. The van der Waals surface area contributed by atoms with Crippen molar-refractivity contribution in [3.05, 3.63) is 69.7 Å². The van der Waals surface area contributed by atoms with Crippen LogP contribution < -0.4 is 5.32 Å². The summed E-state index contributed by atoms with van der Waals surface area (Å²) in [6.45, 7) is 0. The van der Waals surface area contributed by atoms with Gasteiger partial charge in [0, 0.05) is 20.9 Å². The van der Waals surface area contributed by atoms with Gasteiger partial charge in [0.05, 0.1) is 0 Å². The zero-order valence-electron chi connectivity index (χ0n) is 11.2. The van der Waals surface area contributed by atoms with Crippen molar-refractivity contribution in [1.82, 2.24) is 5.16 Å². The second kappa shape index (κ2) is 6.27. The number of benzene rings is 2. The summed E-state index contributed by atoms with van der Waals surface area (Å²) < 4.78 is 19.3. The van der Waals surface area contributed by atoms with Gasteiger partial charge in [0.25, 0.3) is 5.91 Å². The first-order valence-corrected chi connectivity index (χ1v) is 7.49. The van der Waals surface area contributed by atoms with Gasteiger partial charge in [-0.25, -0.2) is 4.39 Å². The first-order valence-electron chi connectivity index (χ1n) is 6.41. The summed E-state index contributed by atoms with van der Waals surface area (Å²) >= 11 is 2.18. The Morgan fingerprint density at radius 1 is 1.14 bits per heavy atom. The lowest BCUT2D eigenvalue weighted by molar-refractivity contribution is 0.0988. The summed E-state index contributed by atoms with van der Waals surface area (Å²) in [5, 5.41) is 6.51. The minimum Gasteiger partial charge on any atom is -0.350 e. The van der Waals surface area contributed by atoms with Crippen LogP contribution in [0.25, 0.3) is 11.3 Å². The number of rotatable bonds is 3. The molecule has 0 bridgehead atoms. The predicted octanol–water partition coefficient (Wildman–Crippen LogP) is 4.34. The first-order chi connectivity index (χ1) is 10.6. The molecule has 1 N–H and O–H groups in total. The van der Waals surface area contributed by atoms with Crippen molar-refractivity contribution in [2.24, 2.45) is 0 Å². The molecule has 110 valence electrons. The van der Waals surface area contributed by atoms with E-state index in [9.17, 15) is 9.18 Å². The van der Waals surface area contributed by atoms with Crippen LogP contribution in [0.15, 0.2) is 59.1 Å². The minimum atomic E-state index is -0.406. The molecule has 4 nitrogen and oxygen atoms in total. The molecule has 3 rings (SSSR count). The first kappa shape index (κ1) is 14.7. The van der Waals surface area contributed by atoms with E-state index in [4.69, 9.17) is 4.52 Å². The van der Waals surface area contributed by atoms with Gasteiger partial charge in [-0.1, -0.05) is 17.3 Å². The summed E-state index contributed by atoms with van der Waals surface area (Å²) in [7, 11) is 0. The van der Waals surface area contributed by atoms with Crippen LogP contribution in [0, 0.1) is 9.39 Å². The molecule has 0 aliphatic rings. The van der Waals surface area contributed by atoms with Crippen LogP contribution >= 0.6 is 22.6 Å². The lowest BCUT2D eigenvalue weighted by Crippen LogP contribution is -2.10. The Morgan fingerprint density at radius 2 is 1.91 bits per heavy atom. The van der Waals surface area contributed by atoms with Gasteiger partial charge in [-0.05, 0) is 59.0 Å². The average Bonchev–Trinajstić information content (AvgIpc) is 3.00. The standard InChI is InChI=1S/C16H10FIN2O2/c17-11-3-1-2-10(8-11)14-9-15(22-20-14)16(21)19-13-6-4-12(18)5-7-13/h1-9H,(H,19,21). The number of anilines is 1. The fraction of sp³-hybridized carbons (Fsp3) is 0. The van der Waals surface area contributed by atoms with Crippen LogP contribution in [0.2, 0.25) is 0 Å². The van der Waals surface area contributed by atoms with Gasteiger partial charge >= 0.3 is 0 Å². The second-order valence-corrected chi connectivity index (χ2v) is 5.79. The molecule has 0 atom stereocenters. The van der Waals surface area contributed by atoms with E-state index in [-0.39, 0.29) is 11.6 Å². The monoisotopic (exact) mass is 408 g/mol. The van der Waals surface area contributed by atoms with Crippen LogP contribution in [-0.4, -0.2) is 11.1 Å². The molecule has 6 heteroatoms. The Labute approximate surface area is 139 Å². The van der Waals surface area contributed by atoms with Crippen LogP contribution in [0.5, 0.6) is 0 Å². The third kappa shape index (κ3) is 3.33. The lowest BCUT2D eigenvalue weighted by atomic mass is 10.1. The maximum absolute atomic E-state index is 13.2. The molecule has 2 aromatic carbocycles. The fourth-order valence-electron chi connectivity index (χ4n) is 1.89. The van der Waals surface area contributed by atoms with Gasteiger partial charge in [-0.15, -0.1) is 0 Å². The fourth-order valence-corrected chi connectivity index (χ4v) is 2.25. The van der Waals surface area contributed by atoms with E-state index in [2.05, 4.69) is 33.1 Å². The molecular weight excluding hydrogens is 398 g/mol. The highest BCUT2D eigenvalue weighted by Crippen LogP contribution is 2.20. The molecule has 0 radical (unpaired) electrons. The van der Waals surface area contributed by atoms with Crippen LogP contribution in [0.3, 0.4) is 0 Å². The van der Waals surface area contributed by atoms with E-state index in [1.807, 2.05) is 12.1 Å². The summed E-state index contributed by atoms with van der Waals surface area (Å²) in [5.41, 5.74) is 1.62. The van der Waals surface area contributed by atoms with E-state index in [1.165, 1.54) is 18.2 Å². The molecule has 1 heterocycles. The van der Waals surface area contributed by atoms with Crippen molar-refractivity contribution >= 4 is 34.2 Å². The van der Waals surface area contributed by atoms with Crippen molar-refractivity contribution in [2.75, 3.05) is 5.32 Å². The van der Waals surface area contributed by atoms with Crippen molar-refractivity contribution in [1.29, 1.82) is 0 Å². The van der Waals surface area contributed by atoms with Crippen molar-refractivity contribution in [3.8, 4) is 11.3 Å². The Kier molecular flexibility index (Phi) is 4.19. The number of nitrogens with zero attached hydrogens (tertiary/aromatic N) is 1. The quantitative estimate of drug-likeness (QED) is 0.657. The summed E-state index contributed by atoms with van der Waals surface area (Å²) in [6, 6.07) is 14.8. The van der Waals surface area contributed by atoms with Crippen molar-refractivity contribution in [2.45, 2.75) is 0 Å². The zero-order chi connectivity index (χ0) is 15.5. The Bertz CT molecular complexity index is 815. The molecule has 0 saturated heterocycles. The number of nitrogens with one attached hydrogen (secondary N) is 1. The normalized spacial score (nSPS) is 10.5. The van der Waals surface area contributed by atoms with E-state index in [0.29, 0.717) is 16.9 Å². The number of carbonyl (C=O) groups excluding carboxylic acids is 1. The molecule has 22 heavy (non-hydrogen) atoms. The average molecular weight is 408 g/mol. The molecule has 0 fully saturated rings. The number of carbonyl (C=O) groups is 1. The molecular formula is C16H10FIN2O2. The minimum absolute atomic E-state index is 0.0674. The number of hydrogen-bond acceptors (Lipinski definition) is 3. The van der Waals surface area contributed by atoms with Crippen molar-refractivity contribution < 1.29 is 13.7 Å². The molecule has 1 amide bonds. The van der Waals surface area contributed by atoms with Crippen LogP contribution in [0.4, 0.5) is 10.1 Å². The van der Waals surface area contributed by atoms with E-state index in [1.54, 1.807) is 24.3 Å². The zero-order valence-corrected chi connectivity index (χ0v) is 13.4. The summed E-state index contributed by atoms with van der Waals surface area (Å²) in [6.07, 6.45) is 0. The Morgan fingerprint density at radius 3 is 2.64 bits per heavy atom. The third-order valence-electron chi connectivity index (χ3n) is 2.96. The SMILES string of the molecule is O=C(Nc1ccc(I)cc1)c1cc(-c2cccc(F)c2)no1. The van der Waals surface area contributed by atoms with E-state index in [0.717, 1.165) is 3.57 Å². The lowest BCUT2D eigenvalue weighted by Gasteiger charge is -2.01. The number of hydrogen-bond donors (Lipinski definition) is 1. The van der Waals surface area contributed by atoms with Gasteiger partial charge < -0.3 is 9.84 Å². The number of aromatic nitrogens is 1. The highest BCUT2D eigenvalue weighted by molar-refractivity contribution is 14.1. The largest absolute Gasteiger partial charge is 0.350 e. The maximum atomic E-state index is 13.2. The van der Waals surface area contributed by atoms with Gasteiger partial charge in [0.1, 0.15) is 11.5 Å². The van der Waals surface area contributed by atoms with Gasteiger partial charge in [0.15, 0.2) is 0 Å². The Balaban J connectivity index is 1.78. The smallest absolute Gasteiger partial charge is 0.294 e. The molecule has 0 aliphatic heterocycles. The van der Waals surface area contributed by atoms with E-state index >= 15 is 0 Å². The molecule has 1 aromatic heterocycles. The highest BCUT2D eigenvalue weighted by Gasteiger charge is 2.14.